The number of rotatable bonds is 6. The van der Waals surface area contributed by atoms with Crippen LogP contribution in [0, 0.1) is 5.41 Å². The first-order chi connectivity index (χ1) is 7.54. The molecular weight excluding hydrogens is 234 g/mol. The molecule has 102 valence electrons. The van der Waals surface area contributed by atoms with E-state index >= 15 is 0 Å². The SMILES string of the molecule is CN(CCOCCC(C)(C)S)C(=O)C(C)(C)C. The van der Waals surface area contributed by atoms with E-state index in [0.717, 1.165) is 6.42 Å². The van der Waals surface area contributed by atoms with E-state index in [1.54, 1.807) is 4.90 Å². The zero-order valence-electron chi connectivity index (χ0n) is 12.0. The monoisotopic (exact) mass is 261 g/mol. The molecule has 3 nitrogen and oxygen atoms in total. The van der Waals surface area contributed by atoms with Gasteiger partial charge in [-0.15, -0.1) is 0 Å². The van der Waals surface area contributed by atoms with Crippen molar-refractivity contribution in [2.45, 2.75) is 45.8 Å². The van der Waals surface area contributed by atoms with Gasteiger partial charge in [0.05, 0.1) is 6.61 Å². The van der Waals surface area contributed by atoms with E-state index in [2.05, 4.69) is 26.5 Å². The fraction of sp³-hybridized carbons (Fsp3) is 0.923. The highest BCUT2D eigenvalue weighted by molar-refractivity contribution is 7.81. The van der Waals surface area contributed by atoms with Crippen LogP contribution in [-0.4, -0.2) is 42.4 Å². The summed E-state index contributed by atoms with van der Waals surface area (Å²) in [5, 5.41) is 0. The van der Waals surface area contributed by atoms with Gasteiger partial charge in [-0.05, 0) is 6.42 Å². The number of ether oxygens (including phenoxy) is 1. The lowest BCUT2D eigenvalue weighted by Gasteiger charge is -2.26. The molecule has 0 unspecified atom stereocenters. The molecule has 1 amide bonds. The predicted molar refractivity (Wildman–Crippen MR) is 75.6 cm³/mol. The smallest absolute Gasteiger partial charge is 0.227 e. The van der Waals surface area contributed by atoms with Gasteiger partial charge in [0.1, 0.15) is 0 Å². The third kappa shape index (κ3) is 8.50. The summed E-state index contributed by atoms with van der Waals surface area (Å²) in [5.74, 6) is 0.149. The Balaban J connectivity index is 3.73. The number of carbonyl (C=O) groups is 1. The van der Waals surface area contributed by atoms with Gasteiger partial charge >= 0.3 is 0 Å². The first-order valence-corrected chi connectivity index (χ1v) is 6.54. The molecule has 0 spiro atoms. The molecule has 0 aliphatic carbocycles. The van der Waals surface area contributed by atoms with E-state index in [-0.39, 0.29) is 16.1 Å². The molecule has 0 aliphatic heterocycles. The van der Waals surface area contributed by atoms with Crippen LogP contribution in [0.5, 0.6) is 0 Å². The summed E-state index contributed by atoms with van der Waals surface area (Å²) in [6.07, 6.45) is 0.910. The topological polar surface area (TPSA) is 29.5 Å². The van der Waals surface area contributed by atoms with Crippen LogP contribution >= 0.6 is 12.6 Å². The number of hydrogen-bond donors (Lipinski definition) is 1. The molecule has 0 fully saturated rings. The molecule has 0 rings (SSSR count). The summed E-state index contributed by atoms with van der Waals surface area (Å²) < 4.78 is 5.51. The molecular formula is C13H27NO2S. The highest BCUT2D eigenvalue weighted by Crippen LogP contribution is 2.17. The Morgan fingerprint density at radius 1 is 1.18 bits per heavy atom. The van der Waals surface area contributed by atoms with Crippen LogP contribution in [0.1, 0.15) is 41.0 Å². The van der Waals surface area contributed by atoms with Crippen LogP contribution in [0.25, 0.3) is 0 Å². The second-order valence-electron chi connectivity index (χ2n) is 6.15. The van der Waals surface area contributed by atoms with Crippen molar-refractivity contribution >= 4 is 18.5 Å². The first kappa shape index (κ1) is 16.8. The van der Waals surface area contributed by atoms with Crippen LogP contribution in [0.2, 0.25) is 0 Å². The minimum Gasteiger partial charge on any atom is -0.380 e. The standard InChI is InChI=1S/C13H27NO2S/c1-12(2,3)11(15)14(6)8-10-16-9-7-13(4,5)17/h17H,7-10H2,1-6H3. The molecule has 0 atom stereocenters. The minimum absolute atomic E-state index is 0.00707. The van der Waals surface area contributed by atoms with Crippen LogP contribution in [0.3, 0.4) is 0 Å². The van der Waals surface area contributed by atoms with Crippen molar-refractivity contribution in [1.82, 2.24) is 4.90 Å². The van der Waals surface area contributed by atoms with Crippen LogP contribution in [0.4, 0.5) is 0 Å². The fourth-order valence-corrected chi connectivity index (χ4v) is 1.39. The molecule has 0 N–H and O–H groups in total. The summed E-state index contributed by atoms with van der Waals surface area (Å²) >= 11 is 4.42. The van der Waals surface area contributed by atoms with Crippen molar-refractivity contribution in [2.75, 3.05) is 26.8 Å². The highest BCUT2D eigenvalue weighted by atomic mass is 32.1. The number of thiol groups is 1. The van der Waals surface area contributed by atoms with E-state index in [9.17, 15) is 4.79 Å². The van der Waals surface area contributed by atoms with Crippen molar-refractivity contribution in [2.24, 2.45) is 5.41 Å². The first-order valence-electron chi connectivity index (χ1n) is 6.10. The Morgan fingerprint density at radius 3 is 2.12 bits per heavy atom. The maximum Gasteiger partial charge on any atom is 0.227 e. The molecule has 0 radical (unpaired) electrons. The van der Waals surface area contributed by atoms with Crippen molar-refractivity contribution in [3.05, 3.63) is 0 Å². The van der Waals surface area contributed by atoms with Crippen LogP contribution < -0.4 is 0 Å². The molecule has 0 heterocycles. The predicted octanol–water partition coefficient (Wildman–Crippen LogP) is 2.61. The van der Waals surface area contributed by atoms with Gasteiger partial charge in [0.15, 0.2) is 0 Å². The lowest BCUT2D eigenvalue weighted by Crippen LogP contribution is -2.38. The van der Waals surface area contributed by atoms with Gasteiger partial charge in [-0.3, -0.25) is 4.79 Å². The molecule has 0 aromatic rings. The fourth-order valence-electron chi connectivity index (χ4n) is 1.30. The largest absolute Gasteiger partial charge is 0.380 e. The van der Waals surface area contributed by atoms with Gasteiger partial charge in [-0.25, -0.2) is 0 Å². The zero-order chi connectivity index (χ0) is 13.7. The number of hydrogen-bond acceptors (Lipinski definition) is 3. The average molecular weight is 261 g/mol. The van der Waals surface area contributed by atoms with Gasteiger partial charge < -0.3 is 9.64 Å². The summed E-state index contributed by atoms with van der Waals surface area (Å²) in [6, 6.07) is 0. The summed E-state index contributed by atoms with van der Waals surface area (Å²) in [6.45, 7) is 11.8. The molecule has 0 aromatic heterocycles. The van der Waals surface area contributed by atoms with Gasteiger partial charge in [0, 0.05) is 30.4 Å². The third-order valence-electron chi connectivity index (χ3n) is 2.42. The number of carbonyl (C=O) groups excluding carboxylic acids is 1. The van der Waals surface area contributed by atoms with Gasteiger partial charge in [0.2, 0.25) is 5.91 Å². The van der Waals surface area contributed by atoms with E-state index in [1.165, 1.54) is 0 Å². The third-order valence-corrected chi connectivity index (χ3v) is 2.64. The second-order valence-corrected chi connectivity index (χ2v) is 7.36. The molecule has 0 bridgehead atoms. The average Bonchev–Trinajstić information content (AvgIpc) is 2.12. The van der Waals surface area contributed by atoms with Gasteiger partial charge in [-0.2, -0.15) is 12.6 Å². The molecule has 17 heavy (non-hydrogen) atoms. The summed E-state index contributed by atoms with van der Waals surface area (Å²) in [4.78, 5) is 13.6. The Kier molecular flexibility index (Phi) is 6.56. The van der Waals surface area contributed by atoms with Crippen molar-refractivity contribution < 1.29 is 9.53 Å². The summed E-state index contributed by atoms with van der Waals surface area (Å²) in [5.41, 5.74) is -0.318. The van der Waals surface area contributed by atoms with Crippen molar-refractivity contribution in [3.8, 4) is 0 Å². The molecule has 4 heteroatoms. The van der Waals surface area contributed by atoms with Gasteiger partial charge in [0.25, 0.3) is 0 Å². The maximum absolute atomic E-state index is 11.8. The molecule has 0 aliphatic rings. The Labute approximate surface area is 111 Å². The van der Waals surface area contributed by atoms with Crippen LogP contribution in [0.15, 0.2) is 0 Å². The van der Waals surface area contributed by atoms with E-state index in [0.29, 0.717) is 19.8 Å². The van der Waals surface area contributed by atoms with E-state index in [4.69, 9.17) is 4.74 Å². The maximum atomic E-state index is 11.8. The van der Waals surface area contributed by atoms with Crippen molar-refractivity contribution in [3.63, 3.8) is 0 Å². The van der Waals surface area contributed by atoms with E-state index in [1.807, 2.05) is 27.8 Å². The Hall–Kier alpha value is -0.220. The Bertz CT molecular complexity index is 241. The number of nitrogens with zero attached hydrogens (tertiary/aromatic N) is 1. The highest BCUT2D eigenvalue weighted by Gasteiger charge is 2.24. The van der Waals surface area contributed by atoms with E-state index < -0.39 is 0 Å². The second kappa shape index (κ2) is 6.64. The lowest BCUT2D eigenvalue weighted by molar-refractivity contribution is -0.138. The normalized spacial score (nSPS) is 12.6. The van der Waals surface area contributed by atoms with Gasteiger partial charge in [-0.1, -0.05) is 34.6 Å². The Morgan fingerprint density at radius 2 is 1.71 bits per heavy atom. The number of amides is 1. The lowest BCUT2D eigenvalue weighted by atomic mass is 9.95. The number of likely N-dealkylation sites (N-methyl/N-ethyl adjacent to an activating group) is 1. The van der Waals surface area contributed by atoms with Crippen LogP contribution in [-0.2, 0) is 9.53 Å². The van der Waals surface area contributed by atoms with Crippen molar-refractivity contribution in [1.29, 1.82) is 0 Å². The molecule has 0 aromatic carbocycles. The molecule has 0 saturated carbocycles. The summed E-state index contributed by atoms with van der Waals surface area (Å²) in [7, 11) is 1.82. The quantitative estimate of drug-likeness (QED) is 0.588. The minimum atomic E-state index is -0.318. The zero-order valence-corrected chi connectivity index (χ0v) is 12.9. The molecule has 0 saturated heterocycles.